The van der Waals surface area contributed by atoms with Gasteiger partial charge in [0.05, 0.1) is 19.8 Å². The number of quaternary nitrogens is 1. The second-order valence-electron chi connectivity index (χ2n) is 6.91. The number of rotatable bonds is 5. The van der Waals surface area contributed by atoms with Gasteiger partial charge in [-0.2, -0.15) is 0 Å². The highest BCUT2D eigenvalue weighted by Gasteiger charge is 2.26. The lowest BCUT2D eigenvalue weighted by Crippen LogP contribution is -3.14. The predicted octanol–water partition coefficient (Wildman–Crippen LogP) is 2.26. The number of ether oxygens (including phenoxy) is 1. The summed E-state index contributed by atoms with van der Waals surface area (Å²) in [4.78, 5) is 5.38. The van der Waals surface area contributed by atoms with Crippen LogP contribution in [-0.2, 0) is 4.74 Å². The van der Waals surface area contributed by atoms with Crippen molar-refractivity contribution < 1.29 is 9.64 Å². The van der Waals surface area contributed by atoms with Gasteiger partial charge >= 0.3 is 0 Å². The molecule has 3 rings (SSSR count). The average Bonchev–Trinajstić information content (AvgIpc) is 2.67. The van der Waals surface area contributed by atoms with Crippen LogP contribution < -0.4 is 10.2 Å². The van der Waals surface area contributed by atoms with Gasteiger partial charge in [-0.05, 0) is 55.9 Å². The van der Waals surface area contributed by atoms with Crippen LogP contribution in [0.25, 0.3) is 0 Å². The van der Waals surface area contributed by atoms with E-state index in [1.54, 1.807) is 16.7 Å². The Morgan fingerprint density at radius 3 is 3.00 bits per heavy atom. The van der Waals surface area contributed by atoms with Crippen molar-refractivity contribution in [3.63, 3.8) is 0 Å². The minimum Gasteiger partial charge on any atom is -0.370 e. The van der Waals surface area contributed by atoms with Crippen molar-refractivity contribution in [2.75, 3.05) is 51.0 Å². The molecular weight excluding hydrogens is 350 g/mol. The van der Waals surface area contributed by atoms with E-state index >= 15 is 0 Å². The zero-order chi connectivity index (χ0) is 17.5. The van der Waals surface area contributed by atoms with Gasteiger partial charge in [0, 0.05) is 29.6 Å². The Morgan fingerprint density at radius 2 is 2.20 bits per heavy atom. The molecule has 0 spiro atoms. The first kappa shape index (κ1) is 19.0. The highest BCUT2D eigenvalue weighted by atomic mass is 32.2. The van der Waals surface area contributed by atoms with Gasteiger partial charge < -0.3 is 19.9 Å². The van der Waals surface area contributed by atoms with Gasteiger partial charge in [-0.3, -0.25) is 0 Å². The fourth-order valence-electron chi connectivity index (χ4n) is 3.74. The standard InChI is InChI=1S/C19H29N3OS2/c1-25-18-7-4-5-16(15-18)20-19(24)22-9-3-2-6-17(22)8-10-21-11-13-23-14-12-21/h4-5,7,15,17H,2-3,6,8-14H2,1H3,(H,20,24)/p+1/t17-/m1/s1. The molecule has 2 fully saturated rings. The van der Waals surface area contributed by atoms with Crippen LogP contribution in [0.5, 0.6) is 0 Å². The minimum absolute atomic E-state index is 0.577. The largest absolute Gasteiger partial charge is 0.370 e. The number of hydrogen-bond donors (Lipinski definition) is 2. The molecule has 138 valence electrons. The molecule has 0 saturated carbocycles. The molecular formula is C19H30N3OS2+. The van der Waals surface area contributed by atoms with Crippen LogP contribution in [0, 0.1) is 0 Å². The van der Waals surface area contributed by atoms with Gasteiger partial charge in [0.25, 0.3) is 0 Å². The molecule has 0 aromatic heterocycles. The summed E-state index contributed by atoms with van der Waals surface area (Å²) in [6.07, 6.45) is 7.16. The maximum absolute atomic E-state index is 5.76. The number of likely N-dealkylation sites (tertiary alicyclic amines) is 1. The van der Waals surface area contributed by atoms with Crippen molar-refractivity contribution in [3.05, 3.63) is 24.3 Å². The van der Waals surface area contributed by atoms with E-state index in [2.05, 4.69) is 40.7 Å². The van der Waals surface area contributed by atoms with Crippen LogP contribution in [-0.4, -0.2) is 61.7 Å². The summed E-state index contributed by atoms with van der Waals surface area (Å²) in [5.74, 6) is 0. The normalized spacial score (nSPS) is 22.0. The zero-order valence-corrected chi connectivity index (χ0v) is 16.8. The quantitative estimate of drug-likeness (QED) is 0.604. The summed E-state index contributed by atoms with van der Waals surface area (Å²) < 4.78 is 5.47. The van der Waals surface area contributed by atoms with Crippen LogP contribution in [0.2, 0.25) is 0 Å². The van der Waals surface area contributed by atoms with E-state index in [1.807, 2.05) is 0 Å². The second-order valence-corrected chi connectivity index (χ2v) is 8.17. The van der Waals surface area contributed by atoms with Gasteiger partial charge in [0.15, 0.2) is 5.11 Å². The number of anilines is 1. The number of piperidine rings is 1. The van der Waals surface area contributed by atoms with Crippen LogP contribution >= 0.6 is 24.0 Å². The zero-order valence-electron chi connectivity index (χ0n) is 15.1. The van der Waals surface area contributed by atoms with E-state index in [9.17, 15) is 0 Å². The molecule has 1 aromatic carbocycles. The van der Waals surface area contributed by atoms with Gasteiger partial charge in [0.2, 0.25) is 0 Å². The number of thioether (sulfide) groups is 1. The van der Waals surface area contributed by atoms with E-state index in [0.717, 1.165) is 43.6 Å². The van der Waals surface area contributed by atoms with Crippen molar-refractivity contribution >= 4 is 34.8 Å². The van der Waals surface area contributed by atoms with Crippen LogP contribution in [0.1, 0.15) is 25.7 Å². The SMILES string of the molecule is CSc1cccc(NC(=S)N2CCCC[C@@H]2CC[NH+]2CCOCC2)c1. The lowest BCUT2D eigenvalue weighted by atomic mass is 9.99. The topological polar surface area (TPSA) is 28.9 Å². The van der Waals surface area contributed by atoms with E-state index in [4.69, 9.17) is 17.0 Å². The fraction of sp³-hybridized carbons (Fsp3) is 0.632. The summed E-state index contributed by atoms with van der Waals surface area (Å²) in [6.45, 7) is 6.44. The molecule has 2 saturated heterocycles. The first-order chi connectivity index (χ1) is 12.3. The Morgan fingerprint density at radius 1 is 1.36 bits per heavy atom. The maximum atomic E-state index is 5.76. The number of thiocarbonyl (C=S) groups is 1. The Kier molecular flexibility index (Phi) is 7.40. The third-order valence-corrected chi connectivity index (χ3v) is 6.30. The third-order valence-electron chi connectivity index (χ3n) is 5.24. The summed E-state index contributed by atoms with van der Waals surface area (Å²) >= 11 is 7.52. The molecule has 0 radical (unpaired) electrons. The Hall–Kier alpha value is -0.820. The smallest absolute Gasteiger partial charge is 0.173 e. The number of nitrogens with zero attached hydrogens (tertiary/aromatic N) is 1. The first-order valence-corrected chi connectivity index (χ1v) is 11.0. The fourth-order valence-corrected chi connectivity index (χ4v) is 4.56. The number of hydrogen-bond acceptors (Lipinski definition) is 3. The van der Waals surface area contributed by atoms with E-state index in [-0.39, 0.29) is 0 Å². The van der Waals surface area contributed by atoms with Crippen LogP contribution in [0.4, 0.5) is 5.69 Å². The Balaban J connectivity index is 1.56. The lowest BCUT2D eigenvalue weighted by Gasteiger charge is -2.38. The van der Waals surface area contributed by atoms with Gasteiger partial charge in [-0.15, -0.1) is 11.8 Å². The molecule has 1 atom stereocenters. The number of nitrogens with one attached hydrogen (secondary N) is 2. The summed E-state index contributed by atoms with van der Waals surface area (Å²) in [5.41, 5.74) is 1.10. The second kappa shape index (κ2) is 9.76. The molecule has 0 unspecified atom stereocenters. The molecule has 2 aliphatic heterocycles. The molecule has 6 heteroatoms. The van der Waals surface area contributed by atoms with Crippen LogP contribution in [0.3, 0.4) is 0 Å². The highest BCUT2D eigenvalue weighted by Crippen LogP contribution is 2.23. The van der Waals surface area contributed by atoms with E-state index in [1.165, 1.54) is 37.1 Å². The lowest BCUT2D eigenvalue weighted by molar-refractivity contribution is -0.908. The summed E-state index contributed by atoms with van der Waals surface area (Å²) in [6, 6.07) is 9.07. The van der Waals surface area contributed by atoms with Crippen LogP contribution in [0.15, 0.2) is 29.2 Å². The average molecular weight is 381 g/mol. The molecule has 0 amide bonds. The molecule has 1 aromatic rings. The molecule has 25 heavy (non-hydrogen) atoms. The molecule has 0 aliphatic carbocycles. The monoisotopic (exact) mass is 380 g/mol. The Bertz CT molecular complexity index is 563. The predicted molar refractivity (Wildman–Crippen MR) is 110 cm³/mol. The Labute approximate surface area is 161 Å². The molecule has 2 aliphatic rings. The molecule has 0 bridgehead atoms. The van der Waals surface area contributed by atoms with Gasteiger partial charge in [-0.1, -0.05) is 6.07 Å². The maximum Gasteiger partial charge on any atom is 0.173 e. The minimum atomic E-state index is 0.577. The first-order valence-electron chi connectivity index (χ1n) is 9.39. The van der Waals surface area contributed by atoms with Crippen molar-refractivity contribution in [1.29, 1.82) is 0 Å². The van der Waals surface area contributed by atoms with E-state index < -0.39 is 0 Å². The molecule has 4 nitrogen and oxygen atoms in total. The highest BCUT2D eigenvalue weighted by molar-refractivity contribution is 7.98. The van der Waals surface area contributed by atoms with Gasteiger partial charge in [0.1, 0.15) is 13.1 Å². The third kappa shape index (κ3) is 5.58. The summed E-state index contributed by atoms with van der Waals surface area (Å²) in [5, 5.41) is 4.36. The van der Waals surface area contributed by atoms with Crippen molar-refractivity contribution in [2.24, 2.45) is 0 Å². The van der Waals surface area contributed by atoms with Crippen molar-refractivity contribution in [1.82, 2.24) is 4.90 Å². The number of morpholine rings is 1. The van der Waals surface area contributed by atoms with Crippen molar-refractivity contribution in [2.45, 2.75) is 36.6 Å². The van der Waals surface area contributed by atoms with Gasteiger partial charge in [-0.25, -0.2) is 0 Å². The molecule has 2 heterocycles. The van der Waals surface area contributed by atoms with Crippen molar-refractivity contribution in [3.8, 4) is 0 Å². The molecule has 2 N–H and O–H groups in total. The number of benzene rings is 1. The van der Waals surface area contributed by atoms with E-state index in [0.29, 0.717) is 6.04 Å². The summed E-state index contributed by atoms with van der Waals surface area (Å²) in [7, 11) is 0.